The fraction of sp³-hybridized carbons (Fsp3) is 0.375. The molecule has 0 radical (unpaired) electrons. The molecule has 1 saturated heterocycles. The third-order valence-corrected chi connectivity index (χ3v) is 5.26. The number of carbonyl (C=O) groups is 1. The molecule has 0 atom stereocenters. The second-order valence-electron chi connectivity index (χ2n) is 7.27. The van der Waals surface area contributed by atoms with Crippen LogP contribution in [-0.2, 0) is 11.3 Å². The van der Waals surface area contributed by atoms with Crippen LogP contribution in [0, 0.1) is 0 Å². The molecule has 0 amide bonds. The van der Waals surface area contributed by atoms with Crippen molar-refractivity contribution in [3.63, 3.8) is 0 Å². The number of methoxy groups -OCH3 is 2. The van der Waals surface area contributed by atoms with Crippen LogP contribution >= 0.6 is 0 Å². The minimum Gasteiger partial charge on any atom is -0.493 e. The SMILES string of the molecule is COc1ccc(/C=C/C(=O)CCN2CCN(Cc3ccccc3)CC2)cc1OC. The minimum absolute atomic E-state index is 0.145. The zero-order valence-corrected chi connectivity index (χ0v) is 17.3. The van der Waals surface area contributed by atoms with Crippen molar-refractivity contribution in [2.24, 2.45) is 0 Å². The summed E-state index contributed by atoms with van der Waals surface area (Å²) in [5.74, 6) is 1.49. The van der Waals surface area contributed by atoms with E-state index in [0.29, 0.717) is 17.9 Å². The largest absolute Gasteiger partial charge is 0.493 e. The van der Waals surface area contributed by atoms with E-state index in [-0.39, 0.29) is 5.78 Å². The molecule has 0 aromatic heterocycles. The van der Waals surface area contributed by atoms with Gasteiger partial charge in [-0.25, -0.2) is 0 Å². The normalized spacial score (nSPS) is 15.5. The molecule has 5 heteroatoms. The molecule has 3 rings (SSSR count). The standard InChI is InChI=1S/C24H30N2O3/c1-28-23-11-9-20(18-24(23)29-2)8-10-22(27)12-13-25-14-16-26(17-15-25)19-21-6-4-3-5-7-21/h3-11,18H,12-17,19H2,1-2H3/b10-8+. The molecular formula is C24H30N2O3. The Kier molecular flexibility index (Phi) is 7.85. The second kappa shape index (κ2) is 10.8. The van der Waals surface area contributed by atoms with Crippen LogP contribution in [0.3, 0.4) is 0 Å². The Bertz CT molecular complexity index is 812. The number of allylic oxidation sites excluding steroid dienone is 1. The van der Waals surface area contributed by atoms with Crippen LogP contribution in [0.15, 0.2) is 54.6 Å². The number of piperazine rings is 1. The van der Waals surface area contributed by atoms with E-state index >= 15 is 0 Å². The molecule has 29 heavy (non-hydrogen) atoms. The number of benzene rings is 2. The van der Waals surface area contributed by atoms with Crippen LogP contribution in [0.1, 0.15) is 17.5 Å². The first-order chi connectivity index (χ1) is 14.2. The average molecular weight is 395 g/mol. The zero-order chi connectivity index (χ0) is 20.5. The quantitative estimate of drug-likeness (QED) is 0.609. The number of carbonyl (C=O) groups excluding carboxylic acids is 1. The van der Waals surface area contributed by atoms with E-state index in [1.807, 2.05) is 24.3 Å². The predicted molar refractivity (Wildman–Crippen MR) is 116 cm³/mol. The topological polar surface area (TPSA) is 42.0 Å². The smallest absolute Gasteiger partial charge is 0.161 e. The highest BCUT2D eigenvalue weighted by Crippen LogP contribution is 2.27. The highest BCUT2D eigenvalue weighted by molar-refractivity contribution is 5.93. The molecule has 0 N–H and O–H groups in total. The Hall–Kier alpha value is -2.63. The predicted octanol–water partition coefficient (Wildman–Crippen LogP) is 3.49. The molecule has 2 aromatic rings. The molecule has 1 heterocycles. The monoisotopic (exact) mass is 394 g/mol. The maximum Gasteiger partial charge on any atom is 0.161 e. The molecular weight excluding hydrogens is 364 g/mol. The lowest BCUT2D eigenvalue weighted by Gasteiger charge is -2.34. The number of ketones is 1. The molecule has 1 aliphatic rings. The van der Waals surface area contributed by atoms with Crippen LogP contribution in [-0.4, -0.2) is 62.5 Å². The van der Waals surface area contributed by atoms with Gasteiger partial charge in [-0.1, -0.05) is 42.5 Å². The van der Waals surface area contributed by atoms with Crippen molar-refractivity contribution < 1.29 is 14.3 Å². The third kappa shape index (κ3) is 6.44. The number of hydrogen-bond acceptors (Lipinski definition) is 5. The highest BCUT2D eigenvalue weighted by atomic mass is 16.5. The fourth-order valence-corrected chi connectivity index (χ4v) is 3.51. The Morgan fingerprint density at radius 3 is 2.31 bits per heavy atom. The first kappa shape index (κ1) is 21.1. The van der Waals surface area contributed by atoms with Gasteiger partial charge >= 0.3 is 0 Å². The Balaban J connectivity index is 1.40. The summed E-state index contributed by atoms with van der Waals surface area (Å²) in [7, 11) is 3.22. The van der Waals surface area contributed by atoms with Crippen LogP contribution < -0.4 is 9.47 Å². The summed E-state index contributed by atoms with van der Waals surface area (Å²) in [4.78, 5) is 17.1. The van der Waals surface area contributed by atoms with Gasteiger partial charge in [-0.15, -0.1) is 0 Å². The van der Waals surface area contributed by atoms with Crippen LogP contribution in [0.5, 0.6) is 11.5 Å². The van der Waals surface area contributed by atoms with E-state index in [9.17, 15) is 4.79 Å². The summed E-state index contributed by atoms with van der Waals surface area (Å²) in [6.45, 7) is 5.93. The van der Waals surface area contributed by atoms with E-state index in [4.69, 9.17) is 9.47 Å². The van der Waals surface area contributed by atoms with Gasteiger partial charge in [0, 0.05) is 45.7 Å². The molecule has 0 unspecified atom stereocenters. The van der Waals surface area contributed by atoms with Gasteiger partial charge in [0.2, 0.25) is 0 Å². The third-order valence-electron chi connectivity index (χ3n) is 5.26. The van der Waals surface area contributed by atoms with Crippen molar-refractivity contribution in [1.29, 1.82) is 0 Å². The van der Waals surface area contributed by atoms with Crippen LogP contribution in [0.25, 0.3) is 6.08 Å². The number of hydrogen-bond donors (Lipinski definition) is 0. The molecule has 1 fully saturated rings. The lowest BCUT2D eigenvalue weighted by molar-refractivity contribution is -0.114. The van der Waals surface area contributed by atoms with Crippen molar-refractivity contribution in [3.05, 3.63) is 65.7 Å². The zero-order valence-electron chi connectivity index (χ0n) is 17.3. The van der Waals surface area contributed by atoms with Gasteiger partial charge < -0.3 is 14.4 Å². The lowest BCUT2D eigenvalue weighted by Crippen LogP contribution is -2.46. The second-order valence-corrected chi connectivity index (χ2v) is 7.27. The van der Waals surface area contributed by atoms with Crippen molar-refractivity contribution in [3.8, 4) is 11.5 Å². The Morgan fingerprint density at radius 2 is 1.62 bits per heavy atom. The van der Waals surface area contributed by atoms with Gasteiger partial charge in [0.05, 0.1) is 14.2 Å². The van der Waals surface area contributed by atoms with Crippen molar-refractivity contribution >= 4 is 11.9 Å². The molecule has 2 aromatic carbocycles. The van der Waals surface area contributed by atoms with Crippen molar-refractivity contribution in [2.75, 3.05) is 46.9 Å². The maximum absolute atomic E-state index is 12.3. The van der Waals surface area contributed by atoms with Gasteiger partial charge in [0.25, 0.3) is 0 Å². The Morgan fingerprint density at radius 1 is 0.931 bits per heavy atom. The van der Waals surface area contributed by atoms with E-state index < -0.39 is 0 Å². The van der Waals surface area contributed by atoms with Gasteiger partial charge in [0.15, 0.2) is 17.3 Å². The first-order valence-electron chi connectivity index (χ1n) is 10.1. The molecule has 0 bridgehead atoms. The van der Waals surface area contributed by atoms with Gasteiger partial charge in [0.1, 0.15) is 0 Å². The van der Waals surface area contributed by atoms with Crippen molar-refractivity contribution in [1.82, 2.24) is 9.80 Å². The first-order valence-corrected chi connectivity index (χ1v) is 10.1. The lowest BCUT2D eigenvalue weighted by atomic mass is 10.1. The maximum atomic E-state index is 12.3. The summed E-state index contributed by atoms with van der Waals surface area (Å²) >= 11 is 0. The summed E-state index contributed by atoms with van der Waals surface area (Å²) < 4.78 is 10.5. The summed E-state index contributed by atoms with van der Waals surface area (Å²) in [5.41, 5.74) is 2.28. The van der Waals surface area contributed by atoms with Gasteiger partial charge in [-0.05, 0) is 29.3 Å². The summed E-state index contributed by atoms with van der Waals surface area (Å²) in [6, 6.07) is 16.2. The van der Waals surface area contributed by atoms with Crippen LogP contribution in [0.4, 0.5) is 0 Å². The number of nitrogens with zero attached hydrogens (tertiary/aromatic N) is 2. The summed E-state index contributed by atoms with van der Waals surface area (Å²) in [5, 5.41) is 0. The van der Waals surface area contributed by atoms with Gasteiger partial charge in [-0.2, -0.15) is 0 Å². The molecule has 1 aliphatic heterocycles. The van der Waals surface area contributed by atoms with Crippen molar-refractivity contribution in [2.45, 2.75) is 13.0 Å². The number of ether oxygens (including phenoxy) is 2. The van der Waals surface area contributed by atoms with E-state index in [0.717, 1.165) is 44.8 Å². The fourth-order valence-electron chi connectivity index (χ4n) is 3.51. The molecule has 0 saturated carbocycles. The molecule has 0 spiro atoms. The molecule has 0 aliphatic carbocycles. The van der Waals surface area contributed by atoms with Gasteiger partial charge in [-0.3, -0.25) is 9.69 Å². The number of rotatable bonds is 9. The summed E-state index contributed by atoms with van der Waals surface area (Å²) in [6.07, 6.45) is 4.04. The highest BCUT2D eigenvalue weighted by Gasteiger charge is 2.17. The average Bonchev–Trinajstić information content (AvgIpc) is 2.77. The molecule has 154 valence electrons. The molecule has 5 nitrogen and oxygen atoms in total. The van der Waals surface area contributed by atoms with E-state index in [2.05, 4.69) is 40.1 Å². The minimum atomic E-state index is 0.145. The Labute approximate surface area is 173 Å². The van der Waals surface area contributed by atoms with E-state index in [1.165, 1.54) is 5.56 Å². The van der Waals surface area contributed by atoms with E-state index in [1.54, 1.807) is 20.3 Å². The van der Waals surface area contributed by atoms with Crippen LogP contribution in [0.2, 0.25) is 0 Å².